The molecule has 0 saturated carbocycles. The molecule has 0 atom stereocenters. The SMILES string of the molecule is CC1(C)c2ccccc2-c2c1c1ccccc1c1c2c2ccccc2n1-c1ccc2c3c(cccc13)-c1ccccc1-2. The summed E-state index contributed by atoms with van der Waals surface area (Å²) in [5, 5.41) is 8.00. The molecule has 196 valence electrons. The number of nitrogens with zero attached hydrogens (tertiary/aromatic N) is 1. The summed E-state index contributed by atoms with van der Waals surface area (Å²) in [5.74, 6) is 0. The molecule has 10 rings (SSSR count). The first-order valence-electron chi connectivity index (χ1n) is 14.9. The van der Waals surface area contributed by atoms with Gasteiger partial charge in [0.1, 0.15) is 0 Å². The summed E-state index contributed by atoms with van der Waals surface area (Å²) in [4.78, 5) is 0. The van der Waals surface area contributed by atoms with Crippen LogP contribution in [-0.4, -0.2) is 4.57 Å². The van der Waals surface area contributed by atoms with E-state index in [1.54, 1.807) is 0 Å². The molecule has 0 amide bonds. The van der Waals surface area contributed by atoms with Crippen molar-refractivity contribution in [1.29, 1.82) is 0 Å². The van der Waals surface area contributed by atoms with Gasteiger partial charge in [-0.15, -0.1) is 0 Å². The van der Waals surface area contributed by atoms with Gasteiger partial charge in [-0.3, -0.25) is 0 Å². The highest BCUT2D eigenvalue weighted by molar-refractivity contribution is 6.28. The van der Waals surface area contributed by atoms with Gasteiger partial charge in [0.15, 0.2) is 0 Å². The minimum atomic E-state index is -0.0866. The van der Waals surface area contributed by atoms with E-state index in [1.807, 2.05) is 0 Å². The molecule has 0 bridgehead atoms. The second kappa shape index (κ2) is 7.57. The highest BCUT2D eigenvalue weighted by atomic mass is 15.0. The third-order valence-corrected chi connectivity index (χ3v) is 10.1. The zero-order valence-corrected chi connectivity index (χ0v) is 23.6. The lowest BCUT2D eigenvalue weighted by Crippen LogP contribution is -2.15. The van der Waals surface area contributed by atoms with Crippen molar-refractivity contribution >= 4 is 43.4 Å². The Balaban J connectivity index is 1.45. The standard InChI is InChI=1S/C41H27N/c1-41(2)33-20-9-7-16-30(33)37-38-32-17-8-10-21-34(32)42(40(38)29-15-6-5-14-28(29)39(37)41)35-23-22-27-25-13-4-3-12-24(25)26-18-11-19-31(35)36(26)27/h3-23H,1-2H3. The fourth-order valence-corrected chi connectivity index (χ4v) is 8.45. The lowest BCUT2D eigenvalue weighted by molar-refractivity contribution is 0.666. The number of para-hydroxylation sites is 1. The normalized spacial score (nSPS) is 14.1. The van der Waals surface area contributed by atoms with E-state index in [1.165, 1.54) is 93.5 Å². The van der Waals surface area contributed by atoms with Gasteiger partial charge < -0.3 is 4.57 Å². The fraction of sp³-hybridized carbons (Fsp3) is 0.0732. The van der Waals surface area contributed by atoms with E-state index >= 15 is 0 Å². The molecule has 0 aliphatic heterocycles. The molecular weight excluding hydrogens is 506 g/mol. The third kappa shape index (κ3) is 2.52. The lowest BCUT2D eigenvalue weighted by Gasteiger charge is -2.24. The van der Waals surface area contributed by atoms with Gasteiger partial charge in [-0.25, -0.2) is 0 Å². The van der Waals surface area contributed by atoms with Gasteiger partial charge in [0, 0.05) is 27.0 Å². The van der Waals surface area contributed by atoms with Crippen molar-refractivity contribution in [1.82, 2.24) is 4.57 Å². The first-order valence-corrected chi connectivity index (χ1v) is 14.9. The number of rotatable bonds is 1. The van der Waals surface area contributed by atoms with Gasteiger partial charge in [-0.05, 0) is 67.4 Å². The van der Waals surface area contributed by atoms with Gasteiger partial charge in [-0.2, -0.15) is 0 Å². The monoisotopic (exact) mass is 533 g/mol. The van der Waals surface area contributed by atoms with E-state index in [0.717, 1.165) is 0 Å². The van der Waals surface area contributed by atoms with Crippen molar-refractivity contribution in [3.05, 3.63) is 139 Å². The lowest BCUT2D eigenvalue weighted by atomic mass is 9.79. The number of aromatic nitrogens is 1. The molecule has 0 fully saturated rings. The van der Waals surface area contributed by atoms with Crippen LogP contribution >= 0.6 is 0 Å². The Morgan fingerprint density at radius 3 is 1.86 bits per heavy atom. The number of hydrogen-bond donors (Lipinski definition) is 0. The molecule has 7 aromatic carbocycles. The highest BCUT2D eigenvalue weighted by Crippen LogP contribution is 2.57. The van der Waals surface area contributed by atoms with E-state index in [0.29, 0.717) is 0 Å². The zero-order valence-electron chi connectivity index (χ0n) is 23.6. The predicted octanol–water partition coefficient (Wildman–Crippen LogP) is 11.0. The molecule has 42 heavy (non-hydrogen) atoms. The second-order valence-corrected chi connectivity index (χ2v) is 12.4. The van der Waals surface area contributed by atoms with E-state index in [4.69, 9.17) is 0 Å². The molecule has 1 heterocycles. The van der Waals surface area contributed by atoms with E-state index in [9.17, 15) is 0 Å². The molecule has 0 radical (unpaired) electrons. The van der Waals surface area contributed by atoms with Crippen LogP contribution in [0.1, 0.15) is 25.0 Å². The Morgan fingerprint density at radius 1 is 0.452 bits per heavy atom. The maximum atomic E-state index is 2.56. The molecule has 1 aromatic heterocycles. The summed E-state index contributed by atoms with van der Waals surface area (Å²) >= 11 is 0. The topological polar surface area (TPSA) is 4.93 Å². The fourth-order valence-electron chi connectivity index (χ4n) is 8.45. The largest absolute Gasteiger partial charge is 0.308 e. The van der Waals surface area contributed by atoms with Crippen LogP contribution in [-0.2, 0) is 5.41 Å². The number of benzene rings is 7. The summed E-state index contributed by atoms with van der Waals surface area (Å²) in [6.07, 6.45) is 0. The van der Waals surface area contributed by atoms with Crippen LogP contribution in [0.4, 0.5) is 0 Å². The average molecular weight is 534 g/mol. The molecule has 0 saturated heterocycles. The van der Waals surface area contributed by atoms with Crippen LogP contribution < -0.4 is 0 Å². The van der Waals surface area contributed by atoms with Crippen LogP contribution in [0, 0.1) is 0 Å². The molecule has 8 aromatic rings. The van der Waals surface area contributed by atoms with Crippen molar-refractivity contribution in [3.63, 3.8) is 0 Å². The third-order valence-electron chi connectivity index (χ3n) is 10.1. The van der Waals surface area contributed by atoms with Crippen molar-refractivity contribution in [2.75, 3.05) is 0 Å². The summed E-state index contributed by atoms with van der Waals surface area (Å²) in [6.45, 7) is 4.80. The van der Waals surface area contributed by atoms with Gasteiger partial charge >= 0.3 is 0 Å². The molecule has 1 nitrogen and oxygen atoms in total. The maximum Gasteiger partial charge on any atom is 0.0626 e. The van der Waals surface area contributed by atoms with Crippen molar-refractivity contribution in [2.45, 2.75) is 19.3 Å². The van der Waals surface area contributed by atoms with Crippen LogP contribution in [0.3, 0.4) is 0 Å². The molecule has 0 N–H and O–H groups in total. The quantitative estimate of drug-likeness (QED) is 0.198. The number of hydrogen-bond acceptors (Lipinski definition) is 0. The Bertz CT molecular complexity index is 2460. The van der Waals surface area contributed by atoms with Gasteiger partial charge in [0.25, 0.3) is 0 Å². The first-order chi connectivity index (χ1) is 20.6. The second-order valence-electron chi connectivity index (χ2n) is 12.4. The van der Waals surface area contributed by atoms with Gasteiger partial charge in [-0.1, -0.05) is 129 Å². The molecular formula is C41H27N. The minimum absolute atomic E-state index is 0.0866. The summed E-state index contributed by atoms with van der Waals surface area (Å²) < 4.78 is 2.56. The van der Waals surface area contributed by atoms with E-state index < -0.39 is 0 Å². The molecule has 2 aliphatic rings. The van der Waals surface area contributed by atoms with Crippen LogP contribution in [0.15, 0.2) is 127 Å². The van der Waals surface area contributed by atoms with Gasteiger partial charge in [0.05, 0.1) is 16.7 Å². The highest BCUT2D eigenvalue weighted by Gasteiger charge is 2.39. The first kappa shape index (κ1) is 22.5. The smallest absolute Gasteiger partial charge is 0.0626 e. The van der Waals surface area contributed by atoms with Crippen molar-refractivity contribution in [3.8, 4) is 39.1 Å². The Kier molecular flexibility index (Phi) is 4.06. The van der Waals surface area contributed by atoms with Crippen molar-refractivity contribution < 1.29 is 0 Å². The Hall–Kier alpha value is -5.14. The zero-order chi connectivity index (χ0) is 27.7. The van der Waals surface area contributed by atoms with Crippen LogP contribution in [0.2, 0.25) is 0 Å². The molecule has 1 heteroatoms. The maximum absolute atomic E-state index is 2.56. The Morgan fingerprint density at radius 2 is 1.05 bits per heavy atom. The molecule has 0 spiro atoms. The van der Waals surface area contributed by atoms with E-state index in [-0.39, 0.29) is 5.41 Å². The van der Waals surface area contributed by atoms with E-state index in [2.05, 4.69) is 146 Å². The Labute approximate surface area is 244 Å². The average Bonchev–Trinajstić information content (AvgIpc) is 3.63. The molecule has 2 aliphatic carbocycles. The van der Waals surface area contributed by atoms with Crippen LogP contribution in [0.25, 0.3) is 82.4 Å². The van der Waals surface area contributed by atoms with Gasteiger partial charge in [0.2, 0.25) is 0 Å². The van der Waals surface area contributed by atoms with Crippen molar-refractivity contribution in [2.24, 2.45) is 0 Å². The molecule has 0 unspecified atom stereocenters. The summed E-state index contributed by atoms with van der Waals surface area (Å²) in [5.41, 5.74) is 14.7. The number of fused-ring (bicyclic) bond motifs is 13. The predicted molar refractivity (Wildman–Crippen MR) is 178 cm³/mol. The van der Waals surface area contributed by atoms with Crippen LogP contribution in [0.5, 0.6) is 0 Å². The summed E-state index contributed by atoms with van der Waals surface area (Å²) in [6, 6.07) is 47.5. The summed E-state index contributed by atoms with van der Waals surface area (Å²) in [7, 11) is 0. The minimum Gasteiger partial charge on any atom is -0.308 e.